The van der Waals surface area contributed by atoms with Crippen LogP contribution in [0.3, 0.4) is 0 Å². The molecular weight excluding hydrogens is 241 g/mol. The lowest BCUT2D eigenvalue weighted by molar-refractivity contribution is 0.131. The third kappa shape index (κ3) is 3.41. The van der Waals surface area contributed by atoms with Crippen molar-refractivity contribution in [3.05, 3.63) is 34.6 Å². The molecule has 1 saturated carbocycles. The van der Waals surface area contributed by atoms with Crippen LogP contribution in [0.4, 0.5) is 4.39 Å². The van der Waals surface area contributed by atoms with Crippen LogP contribution in [0.5, 0.6) is 0 Å². The Labute approximate surface area is 106 Å². The Morgan fingerprint density at radius 2 is 2.24 bits per heavy atom. The van der Waals surface area contributed by atoms with Crippen molar-refractivity contribution in [2.24, 2.45) is 5.92 Å². The molecule has 1 aromatic carbocycles. The fourth-order valence-corrected chi connectivity index (χ4v) is 2.55. The summed E-state index contributed by atoms with van der Waals surface area (Å²) in [6, 6.07) is 4.42. The normalized spacial score (nSPS) is 24.2. The molecule has 0 radical (unpaired) electrons. The highest BCUT2D eigenvalue weighted by atomic mass is 35.5. The quantitative estimate of drug-likeness (QED) is 0.869. The Morgan fingerprint density at radius 3 is 2.88 bits per heavy atom. The van der Waals surface area contributed by atoms with Crippen molar-refractivity contribution in [2.45, 2.75) is 31.9 Å². The van der Waals surface area contributed by atoms with Crippen LogP contribution in [0.25, 0.3) is 0 Å². The minimum absolute atomic E-state index is 0.175. The van der Waals surface area contributed by atoms with Gasteiger partial charge in [0.1, 0.15) is 5.82 Å². The van der Waals surface area contributed by atoms with Crippen molar-refractivity contribution in [3.8, 4) is 0 Å². The van der Waals surface area contributed by atoms with Crippen LogP contribution in [-0.2, 0) is 6.54 Å². The third-order valence-electron chi connectivity index (χ3n) is 3.36. The molecular formula is C13H17ClFNO. The highest BCUT2D eigenvalue weighted by Gasteiger charge is 2.24. The Morgan fingerprint density at radius 1 is 1.41 bits per heavy atom. The van der Waals surface area contributed by atoms with Crippen LogP contribution in [0.2, 0.25) is 5.02 Å². The summed E-state index contributed by atoms with van der Waals surface area (Å²) < 4.78 is 12.8. The Balaban J connectivity index is 1.81. The average Bonchev–Trinajstić information content (AvgIpc) is 2.68. The highest BCUT2D eigenvalue weighted by molar-refractivity contribution is 6.31. The summed E-state index contributed by atoms with van der Waals surface area (Å²) in [6.07, 6.45) is 2.91. The zero-order chi connectivity index (χ0) is 12.3. The first-order valence-electron chi connectivity index (χ1n) is 5.99. The summed E-state index contributed by atoms with van der Waals surface area (Å²) in [5.41, 5.74) is 0.889. The van der Waals surface area contributed by atoms with Gasteiger partial charge in [-0.05, 0) is 36.5 Å². The first kappa shape index (κ1) is 12.8. The van der Waals surface area contributed by atoms with Crippen molar-refractivity contribution in [1.29, 1.82) is 0 Å². The lowest BCUT2D eigenvalue weighted by Crippen LogP contribution is -2.27. The van der Waals surface area contributed by atoms with E-state index in [1.54, 1.807) is 6.07 Å². The molecule has 0 heterocycles. The number of aliphatic hydroxyl groups is 1. The highest BCUT2D eigenvalue weighted by Crippen LogP contribution is 2.25. The van der Waals surface area contributed by atoms with Crippen LogP contribution in [0, 0.1) is 11.7 Å². The molecule has 1 aromatic rings. The van der Waals surface area contributed by atoms with E-state index >= 15 is 0 Å². The Bertz CT molecular complexity index is 386. The molecule has 0 bridgehead atoms. The van der Waals surface area contributed by atoms with Gasteiger partial charge < -0.3 is 10.4 Å². The molecule has 17 heavy (non-hydrogen) atoms. The second kappa shape index (κ2) is 5.80. The van der Waals surface area contributed by atoms with E-state index < -0.39 is 0 Å². The number of halogens is 2. The number of nitrogens with one attached hydrogen (secondary N) is 1. The van der Waals surface area contributed by atoms with Crippen LogP contribution >= 0.6 is 11.6 Å². The number of hydrogen-bond acceptors (Lipinski definition) is 2. The van der Waals surface area contributed by atoms with Crippen molar-refractivity contribution in [1.82, 2.24) is 5.32 Å². The van der Waals surface area contributed by atoms with E-state index in [0.717, 1.165) is 31.4 Å². The van der Waals surface area contributed by atoms with Crippen molar-refractivity contribution >= 4 is 11.6 Å². The van der Waals surface area contributed by atoms with Gasteiger partial charge >= 0.3 is 0 Å². The molecule has 2 nitrogen and oxygen atoms in total. The minimum Gasteiger partial charge on any atom is -0.393 e. The van der Waals surface area contributed by atoms with Gasteiger partial charge in [0.15, 0.2) is 0 Å². The van der Waals surface area contributed by atoms with Gasteiger partial charge in [-0.25, -0.2) is 4.39 Å². The van der Waals surface area contributed by atoms with E-state index in [4.69, 9.17) is 11.6 Å². The summed E-state index contributed by atoms with van der Waals surface area (Å²) in [6.45, 7) is 1.40. The molecule has 94 valence electrons. The Kier molecular flexibility index (Phi) is 4.37. The molecule has 0 spiro atoms. The smallest absolute Gasteiger partial charge is 0.124 e. The van der Waals surface area contributed by atoms with Crippen molar-refractivity contribution in [2.75, 3.05) is 6.54 Å². The molecule has 2 rings (SSSR count). The van der Waals surface area contributed by atoms with Gasteiger partial charge in [-0.15, -0.1) is 0 Å². The lowest BCUT2D eigenvalue weighted by Gasteiger charge is -2.15. The number of hydrogen-bond donors (Lipinski definition) is 2. The fraction of sp³-hybridized carbons (Fsp3) is 0.538. The van der Waals surface area contributed by atoms with Crippen molar-refractivity contribution < 1.29 is 9.50 Å². The van der Waals surface area contributed by atoms with Gasteiger partial charge in [-0.3, -0.25) is 0 Å². The largest absolute Gasteiger partial charge is 0.393 e. The van der Waals surface area contributed by atoms with Crippen LogP contribution in [0.15, 0.2) is 18.2 Å². The maximum Gasteiger partial charge on any atom is 0.124 e. The standard InChI is InChI=1S/C13H17ClFNO/c14-12-6-11(15)5-4-9(12)7-16-8-10-2-1-3-13(10)17/h4-6,10,13,16-17H,1-3,7-8H2. The molecule has 2 atom stereocenters. The maximum atomic E-state index is 12.8. The Hall–Kier alpha value is -0.640. The fourth-order valence-electron chi connectivity index (χ4n) is 2.31. The van der Waals surface area contributed by atoms with Crippen LogP contribution < -0.4 is 5.32 Å². The van der Waals surface area contributed by atoms with Gasteiger partial charge in [0.05, 0.1) is 6.10 Å². The van der Waals surface area contributed by atoms with Gasteiger partial charge in [0, 0.05) is 18.1 Å². The zero-order valence-electron chi connectivity index (χ0n) is 9.63. The zero-order valence-corrected chi connectivity index (χ0v) is 10.4. The second-order valence-electron chi connectivity index (χ2n) is 4.62. The summed E-state index contributed by atoms with van der Waals surface area (Å²) >= 11 is 5.92. The molecule has 4 heteroatoms. The predicted octanol–water partition coefficient (Wildman–Crippen LogP) is 2.73. The number of benzene rings is 1. The molecule has 0 amide bonds. The summed E-state index contributed by atoms with van der Waals surface area (Å²) in [7, 11) is 0. The molecule has 0 aromatic heterocycles. The first-order valence-corrected chi connectivity index (χ1v) is 6.37. The van der Waals surface area contributed by atoms with E-state index in [9.17, 15) is 9.50 Å². The van der Waals surface area contributed by atoms with E-state index in [0.29, 0.717) is 17.5 Å². The van der Waals surface area contributed by atoms with Gasteiger partial charge in [-0.1, -0.05) is 24.1 Å². The molecule has 1 aliphatic carbocycles. The van der Waals surface area contributed by atoms with Crippen molar-refractivity contribution in [3.63, 3.8) is 0 Å². The van der Waals surface area contributed by atoms with E-state index in [2.05, 4.69) is 5.32 Å². The van der Waals surface area contributed by atoms with Crippen LogP contribution in [-0.4, -0.2) is 17.8 Å². The predicted molar refractivity (Wildman–Crippen MR) is 66.5 cm³/mol. The third-order valence-corrected chi connectivity index (χ3v) is 3.71. The molecule has 2 N–H and O–H groups in total. The van der Waals surface area contributed by atoms with E-state index in [1.807, 2.05) is 0 Å². The minimum atomic E-state index is -0.315. The SMILES string of the molecule is OC1CCCC1CNCc1ccc(F)cc1Cl. The topological polar surface area (TPSA) is 32.3 Å². The average molecular weight is 258 g/mol. The summed E-state index contributed by atoms with van der Waals surface area (Å²) in [4.78, 5) is 0. The first-order chi connectivity index (χ1) is 8.16. The molecule has 0 saturated heterocycles. The molecule has 1 aliphatic rings. The summed E-state index contributed by atoms with van der Waals surface area (Å²) in [5.74, 6) is 0.0270. The molecule has 0 aliphatic heterocycles. The van der Waals surface area contributed by atoms with Gasteiger partial charge in [0.2, 0.25) is 0 Å². The molecule has 2 unspecified atom stereocenters. The van der Waals surface area contributed by atoms with E-state index in [1.165, 1.54) is 12.1 Å². The lowest BCUT2D eigenvalue weighted by atomic mass is 10.1. The number of rotatable bonds is 4. The van der Waals surface area contributed by atoms with Gasteiger partial charge in [-0.2, -0.15) is 0 Å². The number of aliphatic hydroxyl groups excluding tert-OH is 1. The second-order valence-corrected chi connectivity index (χ2v) is 5.03. The monoisotopic (exact) mass is 257 g/mol. The molecule has 1 fully saturated rings. The van der Waals surface area contributed by atoms with E-state index in [-0.39, 0.29) is 11.9 Å². The van der Waals surface area contributed by atoms with Crippen LogP contribution in [0.1, 0.15) is 24.8 Å². The van der Waals surface area contributed by atoms with Gasteiger partial charge in [0.25, 0.3) is 0 Å². The maximum absolute atomic E-state index is 12.8. The summed E-state index contributed by atoms with van der Waals surface area (Å²) in [5, 5.41) is 13.4.